The number of carbonyl (C=O) groups is 1. The van der Waals surface area contributed by atoms with Gasteiger partial charge in [-0.3, -0.25) is 4.79 Å². The Bertz CT molecular complexity index is 2060. The Hall–Kier alpha value is -4.39. The number of alkyl halides is 5. The van der Waals surface area contributed by atoms with Gasteiger partial charge in [0.1, 0.15) is 11.5 Å². The number of nitrogens with one attached hydrogen (secondary N) is 1. The van der Waals surface area contributed by atoms with Crippen LogP contribution < -0.4 is 14.2 Å². The zero-order valence-electron chi connectivity index (χ0n) is 27.0. The van der Waals surface area contributed by atoms with Gasteiger partial charge in [-0.25, -0.2) is 13.1 Å². The second kappa shape index (κ2) is 12.8. The second-order valence-electron chi connectivity index (χ2n) is 12.7. The molecule has 0 atom stereocenters. The molecule has 6 rings (SSSR count). The van der Waals surface area contributed by atoms with Crippen molar-refractivity contribution in [3.8, 4) is 22.8 Å². The Morgan fingerprint density at radius 1 is 0.939 bits per heavy atom. The largest absolute Gasteiger partial charge is 0.499 e. The summed E-state index contributed by atoms with van der Waals surface area (Å²) >= 11 is 0. The summed E-state index contributed by atoms with van der Waals surface area (Å²) in [5.74, 6) is -0.817. The fourth-order valence-electron chi connectivity index (χ4n) is 6.67. The minimum atomic E-state index is -5.95. The van der Waals surface area contributed by atoms with Crippen molar-refractivity contribution in [2.24, 2.45) is 0 Å². The van der Waals surface area contributed by atoms with Gasteiger partial charge in [0.25, 0.3) is 5.91 Å². The molecule has 1 aliphatic carbocycles. The third-order valence-electron chi connectivity index (χ3n) is 9.21. The Morgan fingerprint density at radius 3 is 2.33 bits per heavy atom. The lowest BCUT2D eigenvalue weighted by Crippen LogP contribution is -2.42. The first-order valence-corrected chi connectivity index (χ1v) is 17.5. The van der Waals surface area contributed by atoms with E-state index < -0.39 is 39.2 Å². The molecule has 0 saturated heterocycles. The highest BCUT2D eigenvalue weighted by molar-refractivity contribution is 7.90. The number of rotatable bonds is 8. The van der Waals surface area contributed by atoms with Gasteiger partial charge in [0.15, 0.2) is 0 Å². The molecule has 260 valence electrons. The summed E-state index contributed by atoms with van der Waals surface area (Å²) < 4.78 is 107. The maximum absolute atomic E-state index is 14.3. The van der Waals surface area contributed by atoms with E-state index in [1.807, 2.05) is 10.6 Å². The van der Waals surface area contributed by atoms with Gasteiger partial charge in [0.2, 0.25) is 10.0 Å². The predicted molar refractivity (Wildman–Crippen MR) is 177 cm³/mol. The molecule has 2 aliphatic rings. The lowest BCUT2D eigenvalue weighted by Gasteiger charge is -2.24. The van der Waals surface area contributed by atoms with Gasteiger partial charge in [-0.05, 0) is 91.8 Å². The number of ether oxygens (including phenoxy) is 2. The van der Waals surface area contributed by atoms with Gasteiger partial charge in [-0.15, -0.1) is 0 Å². The molecular weight excluding hydrogens is 667 g/mol. The van der Waals surface area contributed by atoms with Crippen LogP contribution >= 0.6 is 0 Å². The van der Waals surface area contributed by atoms with E-state index in [-0.39, 0.29) is 23.6 Å². The molecule has 0 unspecified atom stereocenters. The summed E-state index contributed by atoms with van der Waals surface area (Å²) in [4.78, 5) is 13.3. The number of methoxy groups -OCH3 is 1. The van der Waals surface area contributed by atoms with Gasteiger partial charge >= 0.3 is 12.3 Å². The predicted octanol–water partition coefficient (Wildman–Crippen LogP) is 8.92. The number of sulfonamides is 1. The number of nitrogens with zero attached hydrogens (tertiary/aromatic N) is 1. The summed E-state index contributed by atoms with van der Waals surface area (Å²) in [6.45, 7) is 2.91. The molecule has 0 bridgehead atoms. The quantitative estimate of drug-likeness (QED) is 0.185. The summed E-state index contributed by atoms with van der Waals surface area (Å²) in [5.41, 5.74) is 4.33. The van der Waals surface area contributed by atoms with Gasteiger partial charge in [-0.1, -0.05) is 43.5 Å². The maximum atomic E-state index is 14.3. The number of allylic oxidation sites excluding steroid dienone is 1. The highest BCUT2D eigenvalue weighted by atomic mass is 32.2. The number of fused-ring (bicyclic) bond motifs is 5. The highest BCUT2D eigenvalue weighted by Crippen LogP contribution is 2.49. The van der Waals surface area contributed by atoms with Crippen LogP contribution in [0.3, 0.4) is 0 Å². The van der Waals surface area contributed by atoms with Crippen molar-refractivity contribution in [3.63, 3.8) is 0 Å². The van der Waals surface area contributed by atoms with Gasteiger partial charge in [-0.2, -0.15) is 22.0 Å². The number of aromatic nitrogens is 1. The summed E-state index contributed by atoms with van der Waals surface area (Å²) in [5, 5.41) is -0.0165. The fourth-order valence-corrected chi connectivity index (χ4v) is 7.28. The molecular formula is C36H35F5N2O5S. The van der Waals surface area contributed by atoms with E-state index in [9.17, 15) is 35.2 Å². The van der Waals surface area contributed by atoms with Crippen LogP contribution in [0.25, 0.3) is 33.8 Å². The second-order valence-corrected chi connectivity index (χ2v) is 14.9. The molecule has 1 saturated carbocycles. The van der Waals surface area contributed by atoms with Gasteiger partial charge in [0, 0.05) is 34.1 Å². The van der Waals surface area contributed by atoms with E-state index >= 15 is 0 Å². The molecule has 2 heterocycles. The lowest BCUT2D eigenvalue weighted by molar-refractivity contribution is -0.360. The van der Waals surface area contributed by atoms with Crippen molar-refractivity contribution in [2.75, 3.05) is 7.11 Å². The van der Waals surface area contributed by atoms with E-state index in [1.54, 1.807) is 36.4 Å². The lowest BCUT2D eigenvalue weighted by atomic mass is 9.81. The first kappa shape index (κ1) is 34.5. The smallest absolute Gasteiger partial charge is 0.497 e. The SMILES string of the molecule is COc1ccc2c(c1)C=C(c1ccccc1OC(F)(F)C(F)(F)F)Cn1c-2c(C2CCCCC2)c2ccc(C(=O)NS(=O)(=O)C(C)C)cc21. The van der Waals surface area contributed by atoms with Crippen LogP contribution in [0.15, 0.2) is 60.7 Å². The molecule has 13 heteroatoms. The van der Waals surface area contributed by atoms with Crippen molar-refractivity contribution >= 4 is 38.5 Å². The Kier molecular flexibility index (Phi) is 9.01. The van der Waals surface area contributed by atoms with Crippen LogP contribution in [0.1, 0.15) is 78.9 Å². The zero-order chi connectivity index (χ0) is 35.3. The van der Waals surface area contributed by atoms with Crippen LogP contribution in [0.2, 0.25) is 0 Å². The molecule has 3 aromatic carbocycles. The molecule has 1 aliphatic heterocycles. The molecule has 1 amide bonds. The Balaban J connectivity index is 1.60. The number of carbonyl (C=O) groups excluding carboxylic acids is 1. The summed E-state index contributed by atoms with van der Waals surface area (Å²) in [7, 11) is -2.44. The van der Waals surface area contributed by atoms with Crippen molar-refractivity contribution in [1.82, 2.24) is 9.29 Å². The van der Waals surface area contributed by atoms with Crippen molar-refractivity contribution < 1.29 is 44.6 Å². The van der Waals surface area contributed by atoms with E-state index in [0.717, 1.165) is 60.4 Å². The van der Waals surface area contributed by atoms with Gasteiger partial charge in [0.05, 0.1) is 18.1 Å². The average Bonchev–Trinajstić information content (AvgIpc) is 3.26. The molecule has 7 nitrogen and oxygen atoms in total. The number of benzene rings is 3. The minimum Gasteiger partial charge on any atom is -0.497 e. The molecule has 1 N–H and O–H groups in total. The number of para-hydroxylation sites is 1. The molecule has 0 spiro atoms. The number of hydrogen-bond donors (Lipinski definition) is 1. The Labute approximate surface area is 280 Å². The topological polar surface area (TPSA) is 86.6 Å². The van der Waals surface area contributed by atoms with E-state index in [2.05, 4.69) is 9.46 Å². The summed E-state index contributed by atoms with van der Waals surface area (Å²) in [6.07, 6.45) is -4.72. The maximum Gasteiger partial charge on any atom is 0.499 e. The van der Waals surface area contributed by atoms with Crippen molar-refractivity contribution in [3.05, 3.63) is 82.9 Å². The van der Waals surface area contributed by atoms with E-state index in [4.69, 9.17) is 4.74 Å². The van der Waals surface area contributed by atoms with Crippen LogP contribution in [0.4, 0.5) is 22.0 Å². The van der Waals surface area contributed by atoms with Crippen LogP contribution in [-0.4, -0.2) is 43.5 Å². The summed E-state index contributed by atoms with van der Waals surface area (Å²) in [6, 6.07) is 15.7. The third-order valence-corrected chi connectivity index (χ3v) is 10.9. The van der Waals surface area contributed by atoms with E-state index in [1.165, 1.54) is 39.2 Å². The molecule has 1 aromatic heterocycles. The normalized spacial score (nSPS) is 15.7. The number of halogens is 5. The van der Waals surface area contributed by atoms with Gasteiger partial charge < -0.3 is 14.0 Å². The first-order valence-electron chi connectivity index (χ1n) is 16.0. The molecule has 0 radical (unpaired) electrons. The third kappa shape index (κ3) is 6.52. The fraction of sp³-hybridized carbons (Fsp3) is 0.361. The highest BCUT2D eigenvalue weighted by Gasteiger charge is 2.61. The average molecular weight is 703 g/mol. The molecule has 49 heavy (non-hydrogen) atoms. The zero-order valence-corrected chi connectivity index (χ0v) is 27.9. The monoisotopic (exact) mass is 702 g/mol. The van der Waals surface area contributed by atoms with Crippen LogP contribution in [-0.2, 0) is 16.6 Å². The van der Waals surface area contributed by atoms with Crippen LogP contribution in [0, 0.1) is 0 Å². The molecule has 4 aromatic rings. The standard InChI is InChI=1S/C36H35F5N2O5S/c1-21(2)49(45,46)42-34(44)23-13-15-29-30(19-23)43-20-25(27-11-7-8-12-31(27)48-36(40,41)35(37,38)39)17-24-18-26(47-3)14-16-28(24)33(43)32(29)22-9-5-4-6-10-22/h7-8,11-19,21-22H,4-6,9-10,20H2,1-3H3,(H,42,44). The number of hydrogen-bond acceptors (Lipinski definition) is 5. The van der Waals surface area contributed by atoms with Crippen molar-refractivity contribution in [1.29, 1.82) is 0 Å². The first-order chi connectivity index (χ1) is 23.1. The molecule has 1 fully saturated rings. The number of amides is 1. The van der Waals surface area contributed by atoms with Crippen molar-refractivity contribution in [2.45, 2.75) is 75.9 Å². The Morgan fingerprint density at radius 2 is 1.65 bits per heavy atom. The van der Waals surface area contributed by atoms with Crippen LogP contribution in [0.5, 0.6) is 11.5 Å². The minimum absolute atomic E-state index is 0.00285. The van der Waals surface area contributed by atoms with E-state index in [0.29, 0.717) is 22.4 Å².